The molecule has 1 aliphatic rings. The molecule has 3 nitrogen and oxygen atoms in total. The van der Waals surface area contributed by atoms with E-state index in [9.17, 15) is 4.57 Å². The minimum Gasteiger partial charge on any atom is -0.133 e. The third-order valence-electron chi connectivity index (χ3n) is 0.764. The van der Waals surface area contributed by atoms with Crippen molar-refractivity contribution in [3.8, 4) is 0 Å². The summed E-state index contributed by atoms with van der Waals surface area (Å²) in [5.41, 5.74) is 0. The first-order valence-corrected chi connectivity index (χ1v) is 3.25. The van der Waals surface area contributed by atoms with Gasteiger partial charge >= 0.3 is 8.25 Å². The first-order chi connectivity index (χ1) is 3.29. The molecule has 0 bridgehead atoms. The van der Waals surface area contributed by atoms with Crippen LogP contribution in [0.15, 0.2) is 0 Å². The molecule has 0 saturated heterocycles. The van der Waals surface area contributed by atoms with Crippen molar-refractivity contribution in [3.63, 3.8) is 0 Å². The Labute approximate surface area is 42.2 Å². The van der Waals surface area contributed by atoms with Gasteiger partial charge in [0.1, 0.15) is 6.10 Å². The number of hydrogen-bond donors (Lipinski definition) is 1. The van der Waals surface area contributed by atoms with Crippen LogP contribution in [-0.4, -0.2) is 11.0 Å². The van der Waals surface area contributed by atoms with Crippen LogP contribution in [0, 0.1) is 0 Å². The topological polar surface area (TPSA) is 46.5 Å². The van der Waals surface area contributed by atoms with Gasteiger partial charge in [-0.05, 0) is 12.8 Å². The van der Waals surface area contributed by atoms with Gasteiger partial charge in [-0.15, -0.1) is 9.42 Å². The molecule has 1 fully saturated rings. The Morgan fingerprint density at radius 3 is 2.43 bits per heavy atom. The fourth-order valence-electron chi connectivity index (χ4n) is 0.301. The van der Waals surface area contributed by atoms with E-state index in [1.54, 1.807) is 0 Å². The molecule has 0 aliphatic heterocycles. The van der Waals surface area contributed by atoms with Crippen molar-refractivity contribution >= 4 is 8.25 Å². The van der Waals surface area contributed by atoms with Crippen molar-refractivity contribution in [1.82, 2.24) is 0 Å². The fourth-order valence-corrected chi connectivity index (χ4v) is 0.767. The molecule has 4 heteroatoms. The molecular weight excluding hydrogens is 115 g/mol. The summed E-state index contributed by atoms with van der Waals surface area (Å²) in [6.07, 6.45) is 1.98. The Morgan fingerprint density at radius 1 is 1.71 bits per heavy atom. The molecule has 1 unspecified atom stereocenters. The lowest BCUT2D eigenvalue weighted by atomic mass is 10.9. The van der Waals surface area contributed by atoms with Crippen LogP contribution in [0.2, 0.25) is 0 Å². The maximum absolute atomic E-state index is 9.78. The molecule has 1 atom stereocenters. The number of hydrogen-bond acceptors (Lipinski definition) is 2. The SMILES string of the molecule is O=[P+](O)OC1CC1. The largest absolute Gasteiger partial charge is 0.694 e. The molecule has 0 aromatic carbocycles. The average molecular weight is 121 g/mol. The van der Waals surface area contributed by atoms with E-state index in [-0.39, 0.29) is 6.10 Å². The third kappa shape index (κ3) is 1.97. The molecule has 0 amide bonds. The Balaban J connectivity index is 2.08. The van der Waals surface area contributed by atoms with Crippen LogP contribution in [0.5, 0.6) is 0 Å². The van der Waals surface area contributed by atoms with Crippen LogP contribution in [0.1, 0.15) is 12.8 Å². The average Bonchev–Trinajstić information content (AvgIpc) is 2.17. The van der Waals surface area contributed by atoms with Gasteiger partial charge in [-0.1, -0.05) is 0 Å². The summed E-state index contributed by atoms with van der Waals surface area (Å²) in [6.45, 7) is 0. The zero-order chi connectivity index (χ0) is 5.28. The van der Waals surface area contributed by atoms with Crippen molar-refractivity contribution in [2.75, 3.05) is 0 Å². The predicted octanol–water partition coefficient (Wildman–Crippen LogP) is 0.815. The number of rotatable bonds is 2. The van der Waals surface area contributed by atoms with E-state index >= 15 is 0 Å². The van der Waals surface area contributed by atoms with Gasteiger partial charge in [0, 0.05) is 4.57 Å². The second-order valence-corrected chi connectivity index (χ2v) is 2.23. The summed E-state index contributed by atoms with van der Waals surface area (Å²) in [6, 6.07) is 0. The quantitative estimate of drug-likeness (QED) is 0.550. The van der Waals surface area contributed by atoms with Crippen LogP contribution >= 0.6 is 8.25 Å². The van der Waals surface area contributed by atoms with Crippen molar-refractivity contribution < 1.29 is 14.0 Å². The van der Waals surface area contributed by atoms with Crippen LogP contribution in [0.3, 0.4) is 0 Å². The second-order valence-electron chi connectivity index (χ2n) is 1.54. The minimum absolute atomic E-state index is 0.0913. The van der Waals surface area contributed by atoms with Gasteiger partial charge in [-0.25, -0.2) is 0 Å². The van der Waals surface area contributed by atoms with Crippen LogP contribution in [-0.2, 0) is 9.09 Å². The van der Waals surface area contributed by atoms with Gasteiger partial charge in [-0.3, -0.25) is 0 Å². The molecule has 1 saturated carbocycles. The fraction of sp³-hybridized carbons (Fsp3) is 1.00. The highest BCUT2D eigenvalue weighted by molar-refractivity contribution is 7.32. The highest BCUT2D eigenvalue weighted by atomic mass is 31.1. The van der Waals surface area contributed by atoms with E-state index in [0.717, 1.165) is 12.8 Å². The zero-order valence-corrected chi connectivity index (χ0v) is 4.60. The minimum atomic E-state index is -2.33. The van der Waals surface area contributed by atoms with E-state index in [1.807, 2.05) is 0 Å². The third-order valence-corrected chi connectivity index (χ3v) is 1.24. The summed E-state index contributed by atoms with van der Waals surface area (Å²) in [5, 5.41) is 0. The summed E-state index contributed by atoms with van der Waals surface area (Å²) in [7, 11) is -2.33. The van der Waals surface area contributed by atoms with E-state index in [2.05, 4.69) is 4.52 Å². The Morgan fingerprint density at radius 2 is 2.29 bits per heavy atom. The summed E-state index contributed by atoms with van der Waals surface area (Å²) in [5.74, 6) is 0. The van der Waals surface area contributed by atoms with E-state index in [0.29, 0.717) is 0 Å². The molecule has 1 aliphatic carbocycles. The summed E-state index contributed by atoms with van der Waals surface area (Å²) in [4.78, 5) is 8.05. The van der Waals surface area contributed by atoms with Gasteiger partial charge in [0.25, 0.3) is 0 Å². The standard InChI is InChI=1S/C3H5O3P/c4-7(5)6-3-1-2-3/h3H,1-2H2/p+1. The smallest absolute Gasteiger partial charge is 0.133 e. The molecule has 0 heterocycles. The highest BCUT2D eigenvalue weighted by Gasteiger charge is 2.32. The van der Waals surface area contributed by atoms with Gasteiger partial charge in [0.2, 0.25) is 0 Å². The lowest BCUT2D eigenvalue weighted by Gasteiger charge is -1.71. The highest BCUT2D eigenvalue weighted by Crippen LogP contribution is 2.32. The second kappa shape index (κ2) is 1.86. The maximum atomic E-state index is 9.78. The monoisotopic (exact) mass is 121 g/mol. The first kappa shape index (κ1) is 5.16. The molecule has 0 aromatic heterocycles. The molecule has 7 heavy (non-hydrogen) atoms. The molecule has 1 N–H and O–H groups in total. The van der Waals surface area contributed by atoms with Crippen LogP contribution in [0.25, 0.3) is 0 Å². The van der Waals surface area contributed by atoms with E-state index in [4.69, 9.17) is 4.89 Å². The molecule has 0 aromatic rings. The Hall–Kier alpha value is 0.0200. The van der Waals surface area contributed by atoms with Crippen molar-refractivity contribution in [3.05, 3.63) is 0 Å². The molecular formula is C3H6O3P+. The van der Waals surface area contributed by atoms with Crippen LogP contribution < -0.4 is 0 Å². The Bertz CT molecular complexity index is 88.2. The van der Waals surface area contributed by atoms with E-state index in [1.165, 1.54) is 0 Å². The molecule has 40 valence electrons. The Kier molecular flexibility index (Phi) is 1.38. The van der Waals surface area contributed by atoms with Gasteiger partial charge < -0.3 is 0 Å². The predicted molar refractivity (Wildman–Crippen MR) is 23.9 cm³/mol. The van der Waals surface area contributed by atoms with Crippen molar-refractivity contribution in [1.29, 1.82) is 0 Å². The van der Waals surface area contributed by atoms with E-state index < -0.39 is 8.25 Å². The molecule has 0 spiro atoms. The summed E-state index contributed by atoms with van der Waals surface area (Å²) < 4.78 is 14.2. The first-order valence-electron chi connectivity index (χ1n) is 2.12. The summed E-state index contributed by atoms with van der Waals surface area (Å²) >= 11 is 0. The van der Waals surface area contributed by atoms with Crippen molar-refractivity contribution in [2.24, 2.45) is 0 Å². The van der Waals surface area contributed by atoms with Crippen molar-refractivity contribution in [2.45, 2.75) is 18.9 Å². The van der Waals surface area contributed by atoms with Crippen LogP contribution in [0.4, 0.5) is 0 Å². The lowest BCUT2D eigenvalue weighted by molar-refractivity contribution is 0.270. The van der Waals surface area contributed by atoms with Gasteiger partial charge in [0.05, 0.1) is 0 Å². The maximum Gasteiger partial charge on any atom is 0.694 e. The zero-order valence-electron chi connectivity index (χ0n) is 3.70. The van der Waals surface area contributed by atoms with Gasteiger partial charge in [0.15, 0.2) is 0 Å². The lowest BCUT2D eigenvalue weighted by Crippen LogP contribution is -1.78. The molecule has 1 rings (SSSR count). The molecule has 0 radical (unpaired) electrons. The van der Waals surface area contributed by atoms with Gasteiger partial charge in [-0.2, -0.15) is 0 Å². The normalized spacial score (nSPS) is 22.1.